The van der Waals surface area contributed by atoms with Crippen LogP contribution in [0, 0.1) is 0 Å². The summed E-state index contributed by atoms with van der Waals surface area (Å²) < 4.78 is 0. The third kappa shape index (κ3) is 5.31. The fraction of sp³-hybridized carbons (Fsp3) is 0.571. The number of hydrogen-bond donors (Lipinski definition) is 2. The highest BCUT2D eigenvalue weighted by molar-refractivity contribution is 5.18. The minimum absolute atomic E-state index is 0.254. The second-order valence-corrected chi connectivity index (χ2v) is 5.25. The van der Waals surface area contributed by atoms with E-state index in [1.807, 2.05) is 44.1 Å². The van der Waals surface area contributed by atoms with Crippen molar-refractivity contribution in [2.24, 2.45) is 0 Å². The molecule has 0 bridgehead atoms. The van der Waals surface area contributed by atoms with E-state index in [0.717, 1.165) is 0 Å². The molecule has 96 valence electrons. The zero-order valence-corrected chi connectivity index (χ0v) is 11.3. The molecule has 1 aromatic rings. The summed E-state index contributed by atoms with van der Waals surface area (Å²) in [5.41, 5.74) is 0.542. The van der Waals surface area contributed by atoms with Gasteiger partial charge < -0.3 is 15.3 Å². The lowest BCUT2D eigenvalue weighted by Crippen LogP contribution is -2.46. The Bertz CT molecular complexity index is 322. The van der Waals surface area contributed by atoms with Gasteiger partial charge in [-0.25, -0.2) is 0 Å². The van der Waals surface area contributed by atoms with E-state index in [0.29, 0.717) is 13.1 Å². The molecule has 0 heterocycles. The Morgan fingerprint density at radius 1 is 1.29 bits per heavy atom. The lowest BCUT2D eigenvalue weighted by Gasteiger charge is -2.29. The largest absolute Gasteiger partial charge is 0.388 e. The zero-order chi connectivity index (χ0) is 12.9. The molecular weight excluding hydrogens is 212 g/mol. The molecule has 0 saturated heterocycles. The third-order valence-electron chi connectivity index (χ3n) is 2.75. The van der Waals surface area contributed by atoms with E-state index in [-0.39, 0.29) is 6.04 Å². The maximum Gasteiger partial charge on any atom is 0.0869 e. The Morgan fingerprint density at radius 2 is 1.88 bits per heavy atom. The Balaban J connectivity index is 2.45. The van der Waals surface area contributed by atoms with Gasteiger partial charge in [0.2, 0.25) is 0 Å². The molecule has 0 aliphatic carbocycles. The third-order valence-corrected chi connectivity index (χ3v) is 2.75. The molecule has 17 heavy (non-hydrogen) atoms. The summed E-state index contributed by atoms with van der Waals surface area (Å²) in [4.78, 5) is 1.99. The summed E-state index contributed by atoms with van der Waals surface area (Å²) in [6.07, 6.45) is 0. The van der Waals surface area contributed by atoms with Crippen molar-refractivity contribution in [2.75, 3.05) is 27.2 Å². The molecule has 0 spiro atoms. The van der Waals surface area contributed by atoms with Crippen LogP contribution < -0.4 is 5.32 Å². The average Bonchev–Trinajstić information content (AvgIpc) is 2.25. The van der Waals surface area contributed by atoms with Gasteiger partial charge in [-0.3, -0.25) is 0 Å². The highest BCUT2D eigenvalue weighted by atomic mass is 16.3. The van der Waals surface area contributed by atoms with E-state index in [2.05, 4.69) is 24.4 Å². The van der Waals surface area contributed by atoms with Crippen molar-refractivity contribution in [1.82, 2.24) is 10.2 Å². The fourth-order valence-electron chi connectivity index (χ4n) is 1.97. The summed E-state index contributed by atoms with van der Waals surface area (Å²) in [6.45, 7) is 5.21. The average molecular weight is 236 g/mol. The van der Waals surface area contributed by atoms with Crippen LogP contribution in [0.1, 0.15) is 25.5 Å². The van der Waals surface area contributed by atoms with Gasteiger partial charge in [0.25, 0.3) is 0 Å². The number of nitrogens with zero attached hydrogens (tertiary/aromatic N) is 1. The van der Waals surface area contributed by atoms with Crippen molar-refractivity contribution in [3.05, 3.63) is 35.9 Å². The van der Waals surface area contributed by atoms with E-state index in [1.165, 1.54) is 5.56 Å². The lowest BCUT2D eigenvalue weighted by atomic mass is 10.0. The standard InChI is InChI=1S/C14H24N2O/c1-12(13-8-6-5-7-9-13)15-10-14(2,17)11-16(3)4/h5-9,12,15,17H,10-11H2,1-4H3. The molecule has 3 heteroatoms. The summed E-state index contributed by atoms with van der Waals surface area (Å²) in [5, 5.41) is 13.5. The molecule has 2 N–H and O–H groups in total. The first-order chi connectivity index (χ1) is 7.91. The van der Waals surface area contributed by atoms with Crippen molar-refractivity contribution in [3.8, 4) is 0 Å². The van der Waals surface area contributed by atoms with Gasteiger partial charge in [-0.1, -0.05) is 30.3 Å². The molecule has 0 aliphatic rings. The maximum atomic E-state index is 10.2. The molecule has 0 aromatic heterocycles. The number of benzene rings is 1. The molecule has 0 fully saturated rings. The number of hydrogen-bond acceptors (Lipinski definition) is 3. The summed E-state index contributed by atoms with van der Waals surface area (Å²) in [6, 6.07) is 10.5. The number of nitrogens with one attached hydrogen (secondary N) is 1. The predicted molar refractivity (Wildman–Crippen MR) is 72.0 cm³/mol. The van der Waals surface area contributed by atoms with E-state index in [9.17, 15) is 5.11 Å². The van der Waals surface area contributed by atoms with E-state index in [4.69, 9.17) is 0 Å². The molecule has 0 saturated carbocycles. The van der Waals surface area contributed by atoms with Gasteiger partial charge in [-0.15, -0.1) is 0 Å². The highest BCUT2D eigenvalue weighted by Gasteiger charge is 2.21. The highest BCUT2D eigenvalue weighted by Crippen LogP contribution is 2.12. The van der Waals surface area contributed by atoms with Gasteiger partial charge in [0.1, 0.15) is 0 Å². The fourth-order valence-corrected chi connectivity index (χ4v) is 1.97. The lowest BCUT2D eigenvalue weighted by molar-refractivity contribution is 0.0317. The van der Waals surface area contributed by atoms with Gasteiger partial charge in [-0.05, 0) is 33.5 Å². The molecular formula is C14H24N2O. The van der Waals surface area contributed by atoms with Crippen LogP contribution in [0.3, 0.4) is 0 Å². The van der Waals surface area contributed by atoms with Crippen LogP contribution in [0.15, 0.2) is 30.3 Å². The second-order valence-electron chi connectivity index (χ2n) is 5.25. The van der Waals surface area contributed by atoms with Crippen LogP contribution in [-0.2, 0) is 0 Å². The van der Waals surface area contributed by atoms with E-state index < -0.39 is 5.60 Å². The summed E-state index contributed by atoms with van der Waals surface area (Å²) in [5.74, 6) is 0. The topological polar surface area (TPSA) is 35.5 Å². The molecule has 2 unspecified atom stereocenters. The SMILES string of the molecule is CC(NCC(C)(O)CN(C)C)c1ccccc1. The minimum atomic E-state index is -0.702. The molecule has 1 rings (SSSR count). The van der Waals surface area contributed by atoms with Crippen LogP contribution in [0.2, 0.25) is 0 Å². The van der Waals surface area contributed by atoms with Crippen LogP contribution in [0.4, 0.5) is 0 Å². The van der Waals surface area contributed by atoms with Crippen LogP contribution in [0.25, 0.3) is 0 Å². The minimum Gasteiger partial charge on any atom is -0.388 e. The Kier molecular flexibility index (Phi) is 5.12. The number of likely N-dealkylation sites (N-methyl/N-ethyl adjacent to an activating group) is 1. The molecule has 0 radical (unpaired) electrons. The van der Waals surface area contributed by atoms with Crippen LogP contribution in [0.5, 0.6) is 0 Å². The second kappa shape index (κ2) is 6.15. The normalized spacial score (nSPS) is 16.8. The van der Waals surface area contributed by atoms with Crippen molar-refractivity contribution in [1.29, 1.82) is 0 Å². The van der Waals surface area contributed by atoms with Crippen LogP contribution in [-0.4, -0.2) is 42.8 Å². The number of rotatable bonds is 6. The Hall–Kier alpha value is -0.900. The molecule has 2 atom stereocenters. The predicted octanol–water partition coefficient (Wildman–Crippen LogP) is 1.65. The van der Waals surface area contributed by atoms with Crippen molar-refractivity contribution in [2.45, 2.75) is 25.5 Å². The Labute approximate surface area is 104 Å². The molecule has 1 aromatic carbocycles. The molecule has 0 amide bonds. The summed E-state index contributed by atoms with van der Waals surface area (Å²) in [7, 11) is 3.93. The van der Waals surface area contributed by atoms with Crippen molar-refractivity contribution < 1.29 is 5.11 Å². The molecule has 3 nitrogen and oxygen atoms in total. The zero-order valence-electron chi connectivity index (χ0n) is 11.3. The maximum absolute atomic E-state index is 10.2. The van der Waals surface area contributed by atoms with Crippen molar-refractivity contribution >= 4 is 0 Å². The van der Waals surface area contributed by atoms with Gasteiger partial charge >= 0.3 is 0 Å². The van der Waals surface area contributed by atoms with E-state index in [1.54, 1.807) is 0 Å². The smallest absolute Gasteiger partial charge is 0.0869 e. The first kappa shape index (κ1) is 14.2. The quantitative estimate of drug-likeness (QED) is 0.788. The van der Waals surface area contributed by atoms with Gasteiger partial charge in [-0.2, -0.15) is 0 Å². The monoisotopic (exact) mass is 236 g/mol. The number of aliphatic hydroxyl groups is 1. The van der Waals surface area contributed by atoms with Crippen molar-refractivity contribution in [3.63, 3.8) is 0 Å². The Morgan fingerprint density at radius 3 is 2.41 bits per heavy atom. The van der Waals surface area contributed by atoms with Crippen LogP contribution >= 0.6 is 0 Å². The summed E-state index contributed by atoms with van der Waals surface area (Å²) >= 11 is 0. The van der Waals surface area contributed by atoms with Gasteiger partial charge in [0.05, 0.1) is 5.60 Å². The first-order valence-electron chi connectivity index (χ1n) is 6.06. The molecule has 0 aliphatic heterocycles. The van der Waals surface area contributed by atoms with E-state index >= 15 is 0 Å². The van der Waals surface area contributed by atoms with Gasteiger partial charge in [0.15, 0.2) is 0 Å². The first-order valence-corrected chi connectivity index (χ1v) is 6.06. The van der Waals surface area contributed by atoms with Gasteiger partial charge in [0, 0.05) is 19.1 Å².